The van der Waals surface area contributed by atoms with Gasteiger partial charge in [0.15, 0.2) is 0 Å². The van der Waals surface area contributed by atoms with Crippen molar-refractivity contribution >= 4 is 5.95 Å². The van der Waals surface area contributed by atoms with Gasteiger partial charge in [-0.1, -0.05) is 0 Å². The standard InChI is InChI=1S/C7H3F7N2/c8-4(6(10,11)7(12,13)14)5(9)16-2-1-15-3-16/h1-3H. The second kappa shape index (κ2) is 3.80. The van der Waals surface area contributed by atoms with Gasteiger partial charge in [0.25, 0.3) is 0 Å². The van der Waals surface area contributed by atoms with E-state index in [0.717, 1.165) is 6.20 Å². The summed E-state index contributed by atoms with van der Waals surface area (Å²) in [7, 11) is 0. The fraction of sp³-hybridized carbons (Fsp3) is 0.286. The number of allylic oxidation sites excluding steroid dienone is 1. The van der Waals surface area contributed by atoms with E-state index >= 15 is 0 Å². The average molecular weight is 248 g/mol. The Balaban J connectivity index is 3.19. The van der Waals surface area contributed by atoms with E-state index in [9.17, 15) is 30.7 Å². The number of rotatable bonds is 2. The Morgan fingerprint density at radius 2 is 1.62 bits per heavy atom. The normalized spacial score (nSPS) is 14.9. The van der Waals surface area contributed by atoms with Gasteiger partial charge in [-0.2, -0.15) is 30.7 Å². The molecular weight excluding hydrogens is 245 g/mol. The lowest BCUT2D eigenvalue weighted by Gasteiger charge is -2.17. The first-order valence-electron chi connectivity index (χ1n) is 3.66. The molecule has 1 heterocycles. The molecule has 0 unspecified atom stereocenters. The molecule has 2 nitrogen and oxygen atoms in total. The van der Waals surface area contributed by atoms with Gasteiger partial charge in [-0.3, -0.25) is 4.57 Å². The van der Waals surface area contributed by atoms with Gasteiger partial charge in [-0.25, -0.2) is 4.98 Å². The summed E-state index contributed by atoms with van der Waals surface area (Å²) in [6.45, 7) is 0. The Labute approximate surface area is 84.0 Å². The molecule has 0 N–H and O–H groups in total. The lowest BCUT2D eigenvalue weighted by atomic mass is 10.3. The van der Waals surface area contributed by atoms with Gasteiger partial charge in [-0.05, 0) is 0 Å². The summed E-state index contributed by atoms with van der Waals surface area (Å²) in [5.74, 6) is -11.4. The molecule has 16 heavy (non-hydrogen) atoms. The van der Waals surface area contributed by atoms with E-state index in [0.29, 0.717) is 12.5 Å². The minimum absolute atomic E-state index is 0.0645. The molecule has 0 aromatic carbocycles. The van der Waals surface area contributed by atoms with Gasteiger partial charge in [0.05, 0.1) is 0 Å². The van der Waals surface area contributed by atoms with E-state index in [-0.39, 0.29) is 4.57 Å². The summed E-state index contributed by atoms with van der Waals surface area (Å²) in [5, 5.41) is 0. The maximum absolute atomic E-state index is 12.8. The van der Waals surface area contributed by atoms with Crippen LogP contribution >= 0.6 is 0 Å². The third-order valence-electron chi connectivity index (χ3n) is 1.54. The van der Waals surface area contributed by atoms with Crippen molar-refractivity contribution in [3.05, 3.63) is 24.5 Å². The molecule has 90 valence electrons. The van der Waals surface area contributed by atoms with Gasteiger partial charge >= 0.3 is 12.1 Å². The maximum Gasteiger partial charge on any atom is 0.460 e. The molecule has 0 fully saturated rings. The van der Waals surface area contributed by atoms with Crippen molar-refractivity contribution in [1.29, 1.82) is 0 Å². The van der Waals surface area contributed by atoms with Gasteiger partial charge in [0, 0.05) is 12.4 Å². The zero-order chi connectivity index (χ0) is 12.6. The molecule has 0 radical (unpaired) electrons. The number of nitrogens with zero attached hydrogens (tertiary/aromatic N) is 2. The van der Waals surface area contributed by atoms with Gasteiger partial charge in [-0.15, -0.1) is 0 Å². The van der Waals surface area contributed by atoms with Crippen molar-refractivity contribution in [3.8, 4) is 0 Å². The lowest BCUT2D eigenvalue weighted by Crippen LogP contribution is -2.37. The summed E-state index contributed by atoms with van der Waals surface area (Å²) >= 11 is 0. The highest BCUT2D eigenvalue weighted by Crippen LogP contribution is 2.43. The fourth-order valence-electron chi connectivity index (χ4n) is 0.743. The van der Waals surface area contributed by atoms with Crippen molar-refractivity contribution in [1.82, 2.24) is 9.55 Å². The third-order valence-corrected chi connectivity index (χ3v) is 1.54. The Morgan fingerprint density at radius 1 is 1.06 bits per heavy atom. The van der Waals surface area contributed by atoms with Crippen LogP contribution in [0, 0.1) is 0 Å². The smallest absolute Gasteiger partial charge is 0.280 e. The Kier molecular flexibility index (Phi) is 2.97. The quantitative estimate of drug-likeness (QED) is 0.735. The monoisotopic (exact) mass is 248 g/mol. The fourth-order valence-corrected chi connectivity index (χ4v) is 0.743. The number of aromatic nitrogens is 2. The first kappa shape index (κ1) is 12.5. The number of hydrogen-bond acceptors (Lipinski definition) is 1. The molecule has 0 bridgehead atoms. The zero-order valence-corrected chi connectivity index (χ0v) is 7.27. The van der Waals surface area contributed by atoms with Gasteiger partial charge in [0.1, 0.15) is 6.33 Å². The Hall–Kier alpha value is -1.54. The van der Waals surface area contributed by atoms with Crippen LogP contribution in [0.2, 0.25) is 0 Å². The zero-order valence-electron chi connectivity index (χ0n) is 7.27. The van der Waals surface area contributed by atoms with Crippen LogP contribution in [0.15, 0.2) is 24.5 Å². The average Bonchev–Trinajstić information content (AvgIpc) is 2.66. The second-order valence-corrected chi connectivity index (χ2v) is 2.65. The summed E-state index contributed by atoms with van der Waals surface area (Å²) < 4.78 is 85.2. The predicted octanol–water partition coefficient (Wildman–Crippen LogP) is 3.15. The van der Waals surface area contributed by atoms with Gasteiger partial charge < -0.3 is 0 Å². The van der Waals surface area contributed by atoms with Crippen LogP contribution in [0.3, 0.4) is 0 Å². The van der Waals surface area contributed by atoms with Crippen LogP contribution in [0.25, 0.3) is 5.95 Å². The highest BCUT2D eigenvalue weighted by molar-refractivity contribution is 5.42. The summed E-state index contributed by atoms with van der Waals surface area (Å²) in [6.07, 6.45) is -4.09. The molecule has 0 amide bonds. The molecule has 0 spiro atoms. The van der Waals surface area contributed by atoms with Crippen LogP contribution in [0.5, 0.6) is 0 Å². The molecule has 0 saturated heterocycles. The van der Waals surface area contributed by atoms with Crippen LogP contribution in [-0.4, -0.2) is 21.6 Å². The Morgan fingerprint density at radius 3 is 2.00 bits per heavy atom. The van der Waals surface area contributed by atoms with Crippen LogP contribution in [-0.2, 0) is 0 Å². The van der Waals surface area contributed by atoms with Crippen molar-refractivity contribution in [2.75, 3.05) is 0 Å². The van der Waals surface area contributed by atoms with Crippen LogP contribution < -0.4 is 0 Å². The topological polar surface area (TPSA) is 17.8 Å². The predicted molar refractivity (Wildman–Crippen MR) is 38.7 cm³/mol. The van der Waals surface area contributed by atoms with Crippen LogP contribution in [0.1, 0.15) is 0 Å². The molecule has 9 heteroatoms. The minimum atomic E-state index is -6.20. The summed E-state index contributed by atoms with van der Waals surface area (Å²) in [4.78, 5) is 3.17. The first-order chi connectivity index (χ1) is 7.18. The number of alkyl halides is 5. The minimum Gasteiger partial charge on any atom is -0.280 e. The molecular formula is C7H3F7N2. The molecule has 0 aliphatic carbocycles. The van der Waals surface area contributed by atoms with Crippen molar-refractivity contribution in [2.24, 2.45) is 0 Å². The maximum atomic E-state index is 12.8. The number of halogens is 7. The van der Waals surface area contributed by atoms with E-state index in [2.05, 4.69) is 4.98 Å². The van der Waals surface area contributed by atoms with Gasteiger partial charge in [0.2, 0.25) is 11.8 Å². The number of hydrogen-bond donors (Lipinski definition) is 0. The molecule has 1 aromatic heterocycles. The van der Waals surface area contributed by atoms with E-state index in [4.69, 9.17) is 0 Å². The van der Waals surface area contributed by atoms with E-state index < -0.39 is 23.9 Å². The third kappa shape index (κ3) is 2.02. The SMILES string of the molecule is FC(=C(F)C(F)(F)C(F)(F)F)n1ccnc1. The Bertz CT molecular complexity index is 389. The molecule has 0 aliphatic heterocycles. The van der Waals surface area contributed by atoms with E-state index in [1.165, 1.54) is 0 Å². The second-order valence-electron chi connectivity index (χ2n) is 2.65. The largest absolute Gasteiger partial charge is 0.460 e. The molecule has 0 aliphatic rings. The molecule has 0 saturated carbocycles. The lowest BCUT2D eigenvalue weighted by molar-refractivity contribution is -0.270. The number of imidazole rings is 1. The van der Waals surface area contributed by atoms with Crippen molar-refractivity contribution < 1.29 is 30.7 Å². The molecule has 0 atom stereocenters. The van der Waals surface area contributed by atoms with Crippen molar-refractivity contribution in [3.63, 3.8) is 0 Å². The first-order valence-corrected chi connectivity index (χ1v) is 3.66. The summed E-state index contributed by atoms with van der Waals surface area (Å²) in [6, 6.07) is 0. The van der Waals surface area contributed by atoms with Crippen molar-refractivity contribution in [2.45, 2.75) is 12.1 Å². The molecule has 1 aromatic rings. The van der Waals surface area contributed by atoms with Crippen LogP contribution in [0.4, 0.5) is 30.7 Å². The highest BCUT2D eigenvalue weighted by atomic mass is 19.4. The highest BCUT2D eigenvalue weighted by Gasteiger charge is 2.62. The summed E-state index contributed by atoms with van der Waals surface area (Å²) in [5.41, 5.74) is 0. The van der Waals surface area contributed by atoms with E-state index in [1.807, 2.05) is 0 Å². The van der Waals surface area contributed by atoms with E-state index in [1.54, 1.807) is 0 Å². The molecule has 1 rings (SSSR count).